The zero-order chi connectivity index (χ0) is 39.0. The Morgan fingerprint density at radius 1 is 0.982 bits per heavy atom. The number of alkyl halides is 1. The minimum Gasteiger partial charge on any atom is -0.490 e. The molecule has 2 aliphatic heterocycles. The van der Waals surface area contributed by atoms with Crippen molar-refractivity contribution >= 4 is 33.2 Å². The number of nitrogens with one attached hydrogen (secondary N) is 1. The van der Waals surface area contributed by atoms with Gasteiger partial charge in [-0.3, -0.25) is 4.79 Å². The number of carbonyl (C=O) groups excluding carboxylic acids is 1. The maximum atomic E-state index is 13.6. The molecule has 0 radical (unpaired) electrons. The molecular weight excluding hydrogens is 744 g/mol. The molecule has 306 valence electrons. The zero-order valence-electron chi connectivity index (χ0n) is 33.0. The van der Waals surface area contributed by atoms with E-state index in [1.54, 1.807) is 20.1 Å². The first kappa shape index (κ1) is 42.2. The molecule has 3 aliphatic carbocycles. The van der Waals surface area contributed by atoms with Crippen LogP contribution in [0.1, 0.15) is 69.7 Å². The van der Waals surface area contributed by atoms with Crippen LogP contribution in [-0.4, -0.2) is 111 Å². The number of halogens is 1. The van der Waals surface area contributed by atoms with E-state index in [1.807, 2.05) is 19.1 Å². The van der Waals surface area contributed by atoms with Crippen molar-refractivity contribution in [2.45, 2.75) is 76.0 Å². The van der Waals surface area contributed by atoms with E-state index < -0.39 is 21.2 Å². The van der Waals surface area contributed by atoms with Gasteiger partial charge in [0.15, 0.2) is 0 Å². The van der Waals surface area contributed by atoms with Crippen molar-refractivity contribution in [2.24, 2.45) is 29.1 Å². The van der Waals surface area contributed by atoms with Gasteiger partial charge in [0.2, 0.25) is 10.0 Å². The highest BCUT2D eigenvalue weighted by Crippen LogP contribution is 2.51. The van der Waals surface area contributed by atoms with Crippen molar-refractivity contribution in [1.29, 1.82) is 0 Å². The number of carbonyl (C=O) groups is 1. The average Bonchev–Trinajstić information content (AvgIpc) is 3.30. The minimum atomic E-state index is -3.95. The number of rotatable bonds is 13. The predicted octanol–water partition coefficient (Wildman–Crippen LogP) is 6.32. The molecule has 1 spiro atoms. The number of sulfonamides is 1. The molecule has 6 rings (SSSR count). The summed E-state index contributed by atoms with van der Waals surface area (Å²) in [7, 11) is -2.31. The first-order valence-electron chi connectivity index (χ1n) is 20.2. The van der Waals surface area contributed by atoms with Crippen LogP contribution in [0.5, 0.6) is 5.75 Å². The molecule has 13 heteroatoms. The van der Waals surface area contributed by atoms with Gasteiger partial charge >= 0.3 is 0 Å². The van der Waals surface area contributed by atoms with Gasteiger partial charge in [0, 0.05) is 31.2 Å². The Morgan fingerprint density at radius 2 is 1.71 bits per heavy atom. The van der Waals surface area contributed by atoms with Gasteiger partial charge in [0.05, 0.1) is 81.9 Å². The molecule has 0 saturated heterocycles. The summed E-state index contributed by atoms with van der Waals surface area (Å²) in [6.07, 6.45) is 14.3. The van der Waals surface area contributed by atoms with Crippen molar-refractivity contribution in [3.63, 3.8) is 0 Å². The number of ether oxygens (including phenoxy) is 6. The first-order chi connectivity index (χ1) is 26.5. The quantitative estimate of drug-likeness (QED) is 0.138. The fraction of sp³-hybridized carbons (Fsp3) is 0.690. The lowest BCUT2D eigenvalue weighted by molar-refractivity contribution is -0.0455. The Labute approximate surface area is 333 Å². The van der Waals surface area contributed by atoms with Gasteiger partial charge < -0.3 is 33.3 Å². The predicted molar refractivity (Wildman–Crippen MR) is 214 cm³/mol. The first-order valence-corrected chi connectivity index (χ1v) is 22.2. The number of benzene rings is 1. The van der Waals surface area contributed by atoms with Crippen LogP contribution in [-0.2, 0) is 33.7 Å². The monoisotopic (exact) mass is 804 g/mol. The highest BCUT2D eigenvalue weighted by molar-refractivity contribution is 7.90. The summed E-state index contributed by atoms with van der Waals surface area (Å²) >= 11 is 6.75. The third-order valence-electron chi connectivity index (χ3n) is 12.3. The van der Waals surface area contributed by atoms with Crippen LogP contribution in [0.2, 0.25) is 0 Å². The molecule has 2 fully saturated rings. The SMILES string of the molecule is COCCOCCOCCOCCO[C@H]1/C=C/C[C@H](C)[C@@H](C)S(=O)(=O)NC(=O)c2ccc3c(c2)N(C[C@@H]2CC[C@H]21)C[C@@]1(CCCC2=CC(Cl)C(C)C=C21)CO3. The number of allylic oxidation sites excluding steroid dienone is 4. The Balaban J connectivity index is 1.21. The number of anilines is 1. The van der Waals surface area contributed by atoms with Crippen LogP contribution in [0, 0.1) is 29.1 Å². The van der Waals surface area contributed by atoms with Gasteiger partial charge in [-0.1, -0.05) is 38.2 Å². The molecule has 2 unspecified atom stereocenters. The van der Waals surface area contributed by atoms with Crippen LogP contribution < -0.4 is 14.4 Å². The summed E-state index contributed by atoms with van der Waals surface area (Å²) in [6, 6.07) is 5.33. The van der Waals surface area contributed by atoms with Crippen molar-refractivity contribution in [3.05, 3.63) is 59.2 Å². The number of methoxy groups -OCH3 is 1. The summed E-state index contributed by atoms with van der Waals surface area (Å²) in [5.74, 6) is 0.666. The second-order valence-corrected chi connectivity index (χ2v) is 18.6. The second-order valence-electron chi connectivity index (χ2n) is 16.1. The number of nitrogens with zero attached hydrogens (tertiary/aromatic N) is 1. The van der Waals surface area contributed by atoms with E-state index in [0.29, 0.717) is 83.1 Å². The van der Waals surface area contributed by atoms with E-state index in [2.05, 4.69) is 40.8 Å². The Kier molecular flexibility index (Phi) is 14.8. The fourth-order valence-corrected chi connectivity index (χ4v) is 10.1. The van der Waals surface area contributed by atoms with Gasteiger partial charge in [0.25, 0.3) is 5.91 Å². The summed E-state index contributed by atoms with van der Waals surface area (Å²) in [4.78, 5) is 16.0. The molecule has 1 amide bonds. The largest absolute Gasteiger partial charge is 0.490 e. The summed E-state index contributed by atoms with van der Waals surface area (Å²) in [5, 5.41) is -0.815. The summed E-state index contributed by atoms with van der Waals surface area (Å²) in [6.45, 7) is 11.7. The van der Waals surface area contributed by atoms with Crippen LogP contribution in [0.3, 0.4) is 0 Å². The van der Waals surface area contributed by atoms with Gasteiger partial charge in [0.1, 0.15) is 5.75 Å². The molecule has 1 aromatic rings. The third-order valence-corrected chi connectivity index (χ3v) is 14.7. The second kappa shape index (κ2) is 19.3. The van der Waals surface area contributed by atoms with E-state index in [9.17, 15) is 13.2 Å². The Hall–Kier alpha value is -2.45. The van der Waals surface area contributed by atoms with Gasteiger partial charge in [-0.2, -0.15) is 0 Å². The van der Waals surface area contributed by atoms with E-state index >= 15 is 0 Å². The Morgan fingerprint density at radius 3 is 2.42 bits per heavy atom. The number of hydrogen-bond acceptors (Lipinski definition) is 10. The van der Waals surface area contributed by atoms with Crippen molar-refractivity contribution < 1.29 is 41.6 Å². The van der Waals surface area contributed by atoms with Crippen molar-refractivity contribution in [2.75, 3.05) is 84.6 Å². The number of fused-ring (bicyclic) bond motifs is 4. The van der Waals surface area contributed by atoms with Crippen LogP contribution >= 0.6 is 11.6 Å². The summed E-state index contributed by atoms with van der Waals surface area (Å²) in [5.41, 5.74) is 3.53. The third kappa shape index (κ3) is 10.4. The van der Waals surface area contributed by atoms with E-state index in [1.165, 1.54) is 11.1 Å². The lowest BCUT2D eigenvalue weighted by atomic mass is 9.65. The normalized spacial score (nSPS) is 32.5. The molecule has 55 heavy (non-hydrogen) atoms. The smallest absolute Gasteiger partial charge is 0.264 e. The van der Waals surface area contributed by atoms with Gasteiger partial charge in [-0.25, -0.2) is 13.1 Å². The van der Waals surface area contributed by atoms with Crippen LogP contribution in [0.4, 0.5) is 5.69 Å². The molecule has 8 atom stereocenters. The molecule has 2 heterocycles. The van der Waals surface area contributed by atoms with Crippen LogP contribution in [0.25, 0.3) is 0 Å². The molecule has 1 aromatic carbocycles. The van der Waals surface area contributed by atoms with Gasteiger partial charge in [-0.05, 0) is 98.5 Å². The molecular formula is C42H61ClN2O9S. The lowest BCUT2D eigenvalue weighted by Crippen LogP contribution is -2.49. The maximum absolute atomic E-state index is 13.6. The average molecular weight is 805 g/mol. The summed E-state index contributed by atoms with van der Waals surface area (Å²) < 4.78 is 64.5. The molecule has 5 aliphatic rings. The van der Waals surface area contributed by atoms with E-state index in [-0.39, 0.29) is 34.6 Å². The highest BCUT2D eigenvalue weighted by Gasteiger charge is 2.46. The zero-order valence-corrected chi connectivity index (χ0v) is 34.6. The van der Waals surface area contributed by atoms with Crippen LogP contribution in [0.15, 0.2) is 53.6 Å². The molecule has 0 aromatic heterocycles. The van der Waals surface area contributed by atoms with Crippen molar-refractivity contribution in [1.82, 2.24) is 4.72 Å². The fourth-order valence-electron chi connectivity index (χ4n) is 8.59. The maximum Gasteiger partial charge on any atom is 0.264 e. The van der Waals surface area contributed by atoms with Gasteiger partial charge in [-0.15, -0.1) is 11.6 Å². The Bertz CT molecular complexity index is 1670. The number of hydrogen-bond donors (Lipinski definition) is 1. The number of amides is 1. The van der Waals surface area contributed by atoms with Crippen molar-refractivity contribution in [3.8, 4) is 5.75 Å². The van der Waals surface area contributed by atoms with E-state index in [4.69, 9.17) is 40.0 Å². The van der Waals surface area contributed by atoms with E-state index in [0.717, 1.165) is 50.9 Å². The molecule has 2 bridgehead atoms. The lowest BCUT2D eigenvalue weighted by Gasteiger charge is -2.47. The molecule has 2 saturated carbocycles. The molecule has 1 N–H and O–H groups in total. The topological polar surface area (TPSA) is 122 Å². The standard InChI is InChI=1S/C42H61ClN2O9S/c1-29-7-5-9-39(53-22-21-52-20-19-51-18-17-50-16-15-49-4)35-12-10-34(35)26-45-27-42(14-6-8-32-24-37(43)30(2)23-36(32)42)28-54-40-13-11-33(25-38(40)45)41(46)44-55(47,48)31(29)3/h5,9,11,13,23-25,29-31,34-35,37,39H,6-8,10,12,14-22,26-28H2,1-4H3,(H,44,46)/b9-5+/t29-,30?,31+,34-,35+,37?,39-,42-/m0/s1. The minimum absolute atomic E-state index is 0.0280. The highest BCUT2D eigenvalue weighted by atomic mass is 35.5. The molecule has 11 nitrogen and oxygen atoms in total.